The number of aliphatic hydroxyl groups excluding tert-OH is 2. The second kappa shape index (κ2) is 26.8. The Bertz CT molecular complexity index is 2540. The number of nitrogens with one attached hydrogen (secondary N) is 2. The average molecular weight is 1100 g/mol. The van der Waals surface area contributed by atoms with Crippen molar-refractivity contribution in [2.75, 3.05) is 32.0 Å². The van der Waals surface area contributed by atoms with Crippen molar-refractivity contribution < 1.29 is 90.4 Å². The zero-order valence-electron chi connectivity index (χ0n) is 42.2. The van der Waals surface area contributed by atoms with Crippen LogP contribution in [-0.2, 0) is 68.3 Å². The topological polar surface area (TPSA) is 412 Å². The minimum Gasteiger partial charge on any atom is -0.790 e. The molecule has 0 spiro atoms. The molecule has 3 aromatic rings. The first kappa shape index (κ1) is 62.4. The third-order valence-electron chi connectivity index (χ3n) is 12.2. The number of nitrogens with two attached hydrogens (primary N) is 1. The van der Waals surface area contributed by atoms with Gasteiger partial charge in [0, 0.05) is 37.8 Å². The van der Waals surface area contributed by atoms with Gasteiger partial charge in [0.15, 0.2) is 17.7 Å². The minimum absolute atomic E-state index is 0.0222. The van der Waals surface area contributed by atoms with Crippen molar-refractivity contribution in [2.45, 2.75) is 149 Å². The number of aromatic nitrogens is 4. The molecule has 0 radical (unpaired) electrons. The van der Waals surface area contributed by atoms with Gasteiger partial charge in [0.05, 0.1) is 33.8 Å². The fourth-order valence-electron chi connectivity index (χ4n) is 8.27. The number of aliphatic hydroxyl groups is 2. The number of amides is 2. The minimum atomic E-state index is -5.94. The monoisotopic (exact) mass is 1100 g/mol. The lowest BCUT2D eigenvalue weighted by Crippen LogP contribution is -2.46. The van der Waals surface area contributed by atoms with Gasteiger partial charge in [-0.15, -0.1) is 0 Å². The highest BCUT2D eigenvalue weighted by molar-refractivity contribution is 7.59. The lowest BCUT2D eigenvalue weighted by atomic mass is 9.81. The van der Waals surface area contributed by atoms with Crippen molar-refractivity contribution in [2.24, 2.45) is 16.2 Å². The number of nitrogens with zero attached hydrogens (tertiary/aromatic N) is 4. The Hall–Kier alpha value is -4.10. The summed E-state index contributed by atoms with van der Waals surface area (Å²) in [5.41, 5.74) is 6.09. The number of ketones is 1. The molecule has 1 fully saturated rings. The molecule has 1 aliphatic heterocycles. The summed E-state index contributed by atoms with van der Waals surface area (Å²) in [7, 11) is -17.7. The maximum atomic E-state index is 12.8. The average Bonchev–Trinajstić information content (AvgIpc) is 3.84. The van der Waals surface area contributed by atoms with E-state index in [9.17, 15) is 62.7 Å². The van der Waals surface area contributed by atoms with Gasteiger partial charge in [0.25, 0.3) is 15.6 Å². The Balaban J connectivity index is 1.12. The first-order valence-corrected chi connectivity index (χ1v) is 28.3. The number of hydrogen-bond acceptors (Lipinski definition) is 22. The number of phosphoric acid groups is 3. The van der Waals surface area contributed by atoms with Gasteiger partial charge in [-0.3, -0.25) is 32.9 Å². The number of rotatable bonds is 33. The van der Waals surface area contributed by atoms with Crippen molar-refractivity contribution >= 4 is 64.0 Å². The van der Waals surface area contributed by atoms with Gasteiger partial charge < -0.3 is 74.1 Å². The number of nitrogen functional groups attached to an aromatic ring is 1. The summed E-state index contributed by atoms with van der Waals surface area (Å²) < 4.78 is 61.0. The third-order valence-corrected chi connectivity index (χ3v) is 15.2. The Morgan fingerprint density at radius 3 is 2.05 bits per heavy atom. The molecule has 1 aromatic carbocycles. The van der Waals surface area contributed by atoms with Crippen molar-refractivity contribution in [3.05, 3.63) is 48.0 Å². The smallest absolute Gasteiger partial charge is 0.303 e. The normalized spacial score (nSPS) is 19.7. The molecule has 1 saturated heterocycles. The number of ether oxygens (including phenoxy) is 1. The van der Waals surface area contributed by atoms with Gasteiger partial charge in [0.2, 0.25) is 11.8 Å². The number of carbonyl (C=O) groups is 4. The van der Waals surface area contributed by atoms with Gasteiger partial charge in [0.1, 0.15) is 42.0 Å². The Kier molecular flexibility index (Phi) is 22.6. The first-order valence-electron chi connectivity index (χ1n) is 23.9. The highest BCUT2D eigenvalue weighted by Crippen LogP contribution is 2.56. The number of phosphoric ester groups is 3. The van der Waals surface area contributed by atoms with Gasteiger partial charge in [-0.05, 0) is 60.5 Å². The van der Waals surface area contributed by atoms with Gasteiger partial charge in [-0.1, -0.05) is 78.6 Å². The quantitative estimate of drug-likeness (QED) is 0.0374. The van der Waals surface area contributed by atoms with Crippen LogP contribution in [0.4, 0.5) is 5.82 Å². The van der Waals surface area contributed by atoms with E-state index in [2.05, 4.69) is 67.7 Å². The molecule has 1 aliphatic rings. The fourth-order valence-corrected chi connectivity index (χ4v) is 11.0. The Morgan fingerprint density at radius 1 is 0.851 bits per heavy atom. The van der Waals surface area contributed by atoms with Crippen molar-refractivity contribution in [1.82, 2.24) is 30.2 Å². The molecule has 7 unspecified atom stereocenters. The van der Waals surface area contributed by atoms with E-state index in [0.717, 1.165) is 68.6 Å². The number of carboxylic acids is 1. The van der Waals surface area contributed by atoms with Crippen molar-refractivity contribution in [1.29, 1.82) is 0 Å². The van der Waals surface area contributed by atoms with Gasteiger partial charge >= 0.3 is 5.97 Å². The second-order valence-electron chi connectivity index (χ2n) is 20.6. The zero-order chi connectivity index (χ0) is 55.3. The molecule has 74 heavy (non-hydrogen) atoms. The molecule has 7 N–H and O–H groups in total. The van der Waals surface area contributed by atoms with Crippen LogP contribution < -0.4 is 35.9 Å². The highest BCUT2D eigenvalue weighted by Gasteiger charge is 2.47. The van der Waals surface area contributed by atoms with Crippen LogP contribution in [0.25, 0.3) is 11.2 Å². The van der Waals surface area contributed by atoms with Crippen LogP contribution in [0, 0.1) is 16.2 Å². The van der Waals surface area contributed by atoms with E-state index in [0.29, 0.717) is 6.42 Å². The van der Waals surface area contributed by atoms with Crippen LogP contribution in [0.3, 0.4) is 0 Å². The van der Waals surface area contributed by atoms with Crippen LogP contribution in [0.2, 0.25) is 0 Å². The standard InChI is InChI=1S/C45H72N7O19P3/c1-43(2,18-9-7-12-29-14-11-15-30(22-29)13-8-10-19-44(3,4)24-34(55)56)23-31(53)16-20-47-33(54)17-21-48-41(59)38(58)45(5,6)26-68-74(65,66)71-73(63,64)67-25-32-37(70-72(60,61)62)36(57)42(69-32)52-28-51-35-39(46)49-27-50-40(35)52/h11,14-15,22,27-28,32,36-38,42,57-58H,7-10,12-13,16-21,23-26H2,1-6H3,(H,47,54)(H,48,59)(H,55,56)(H,63,64)(H,65,66)(H2,46,49,50)(H2,60,61,62)/p-4. The largest absolute Gasteiger partial charge is 0.790 e. The van der Waals surface area contributed by atoms with Crippen LogP contribution in [0.1, 0.15) is 123 Å². The lowest BCUT2D eigenvalue weighted by molar-refractivity contribution is -0.347. The molecule has 2 aromatic heterocycles. The van der Waals surface area contributed by atoms with Crippen LogP contribution in [0.15, 0.2) is 36.9 Å². The number of carboxylic acid groups (broad SMARTS) is 1. The molecule has 7 atom stereocenters. The maximum absolute atomic E-state index is 12.8. The van der Waals surface area contributed by atoms with Crippen LogP contribution in [0.5, 0.6) is 0 Å². The molecule has 0 saturated carbocycles. The fraction of sp³-hybridized carbons (Fsp3) is 0.667. The summed E-state index contributed by atoms with van der Waals surface area (Å²) >= 11 is 0. The van der Waals surface area contributed by atoms with E-state index >= 15 is 0 Å². The van der Waals surface area contributed by atoms with E-state index in [1.807, 2.05) is 27.7 Å². The summed E-state index contributed by atoms with van der Waals surface area (Å²) in [5, 5.41) is 35.6. The summed E-state index contributed by atoms with van der Waals surface area (Å²) in [6, 6.07) is 8.52. The number of benzene rings is 1. The number of aryl methyl sites for hydroxylation is 2. The zero-order valence-corrected chi connectivity index (χ0v) is 44.9. The van der Waals surface area contributed by atoms with E-state index < -0.39 is 90.5 Å². The number of unbranched alkanes of at least 4 members (excludes halogenated alkanes) is 2. The van der Waals surface area contributed by atoms with Gasteiger partial charge in [-0.25, -0.2) is 19.3 Å². The molecule has 2 amide bonds. The number of Topliss-reactive ketones (excluding diaryl/α,β-unsaturated/α-hetero) is 1. The highest BCUT2D eigenvalue weighted by atomic mass is 31.3. The number of anilines is 1. The molecule has 3 heterocycles. The molecule has 4 rings (SSSR count). The van der Waals surface area contributed by atoms with Crippen molar-refractivity contribution in [3.8, 4) is 0 Å². The number of aliphatic carboxylic acids is 1. The number of carbonyl (C=O) groups excluding carboxylic acids is 3. The third kappa shape index (κ3) is 20.8. The molecular formula is C45H68N7O19P3-4. The SMILES string of the molecule is CC(C)(CCCCc1cccc(CCCCC(C)(C)CC(=O)CCNC(=O)CCNC(=O)C(O)C(C)(C)COP(=O)([O-])OP(=O)([O-])OCC2OC(n3cnc4c(N)ncnc43)C(O)C2OP(=O)([O-])[O-])c1)CC(=O)O. The van der Waals surface area contributed by atoms with Crippen LogP contribution >= 0.6 is 23.5 Å². The van der Waals surface area contributed by atoms with Crippen molar-refractivity contribution in [3.63, 3.8) is 0 Å². The molecule has 416 valence electrons. The maximum Gasteiger partial charge on any atom is 0.303 e. The summed E-state index contributed by atoms with van der Waals surface area (Å²) in [4.78, 5) is 109. The number of imidazole rings is 1. The summed E-state index contributed by atoms with van der Waals surface area (Å²) in [6.07, 6.45) is 0.252. The molecular weight excluding hydrogens is 1040 g/mol. The van der Waals surface area contributed by atoms with E-state index in [1.54, 1.807) is 0 Å². The van der Waals surface area contributed by atoms with Gasteiger partial charge in [-0.2, -0.15) is 0 Å². The predicted octanol–water partition coefficient (Wildman–Crippen LogP) is 1.88. The molecule has 0 bridgehead atoms. The summed E-state index contributed by atoms with van der Waals surface area (Å²) in [5.74, 6) is -2.40. The van der Waals surface area contributed by atoms with E-state index in [-0.39, 0.29) is 65.9 Å². The predicted molar refractivity (Wildman–Crippen MR) is 256 cm³/mol. The molecule has 0 aliphatic carbocycles. The Morgan fingerprint density at radius 2 is 1.45 bits per heavy atom. The van der Waals surface area contributed by atoms with Crippen LogP contribution in [-0.4, -0.2) is 109 Å². The number of hydrogen-bond donors (Lipinski definition) is 6. The second-order valence-corrected chi connectivity index (χ2v) is 24.6. The molecule has 26 nitrogen and oxygen atoms in total. The Labute approximate surface area is 429 Å². The van der Waals surface area contributed by atoms with E-state index in [1.165, 1.54) is 25.0 Å². The lowest BCUT2D eigenvalue weighted by Gasteiger charge is -2.36. The number of fused-ring (bicyclic) bond motifs is 1. The molecule has 29 heteroatoms. The summed E-state index contributed by atoms with van der Waals surface area (Å²) in [6.45, 7) is 7.95. The van der Waals surface area contributed by atoms with E-state index in [4.69, 9.17) is 15.6 Å². The first-order chi connectivity index (χ1) is 34.3.